The lowest BCUT2D eigenvalue weighted by atomic mass is 9.90. The molecule has 3 aromatic carbocycles. The van der Waals surface area contributed by atoms with Crippen molar-refractivity contribution < 1.29 is 26.0 Å². The van der Waals surface area contributed by atoms with Crippen molar-refractivity contribution in [2.45, 2.75) is 6.42 Å². The van der Waals surface area contributed by atoms with Gasteiger partial charge in [0.25, 0.3) is 5.91 Å². The van der Waals surface area contributed by atoms with E-state index in [4.69, 9.17) is 11.6 Å². The van der Waals surface area contributed by atoms with Gasteiger partial charge in [-0.05, 0) is 54.4 Å². The third kappa shape index (κ3) is 5.83. The lowest BCUT2D eigenvalue weighted by molar-refractivity contribution is -0.119. The highest BCUT2D eigenvalue weighted by Gasteiger charge is 2.29. The molecule has 8 heteroatoms. The van der Waals surface area contributed by atoms with Crippen LogP contribution in [0.1, 0.15) is 33.9 Å². The summed E-state index contributed by atoms with van der Waals surface area (Å²) in [5.74, 6) is -2.16. The van der Waals surface area contributed by atoms with E-state index in [9.17, 15) is 14.4 Å². The first kappa shape index (κ1) is 21.5. The summed E-state index contributed by atoms with van der Waals surface area (Å²) in [5, 5.41) is 2.64. The van der Waals surface area contributed by atoms with Crippen molar-refractivity contribution in [1.82, 2.24) is 9.80 Å². The number of rotatable bonds is 7. The number of hydrogen-bond acceptors (Lipinski definition) is 6. The van der Waals surface area contributed by atoms with E-state index in [0.29, 0.717) is 43.0 Å². The zero-order valence-corrected chi connectivity index (χ0v) is 22.7. The maximum absolute atomic E-state index is 13.5. The maximum atomic E-state index is 13.5. The average molecular weight is 544 g/mol. The Morgan fingerprint density at radius 3 is 2.40 bits per heavy atom. The Bertz CT molecular complexity index is 1690. The van der Waals surface area contributed by atoms with Gasteiger partial charge in [0.2, 0.25) is 5.91 Å². The fraction of sp³-hybridized carbons (Fsp3) is 0.281. The lowest BCUT2D eigenvalue weighted by Gasteiger charge is -2.32. The quantitative estimate of drug-likeness (QED) is 0.361. The SMILES string of the molecule is [2H]c1c([2H])c2c(c([2H])c1C(=O)OC)NC(=O)/C2=C(\Cc1ccc(N(C)C(=O)C([2H])([2H])N2CCN(C)CC2)cc1)c1ccccc1. The molecular weight excluding hydrogens is 504 g/mol. The number of allylic oxidation sites excluding steroid dienone is 1. The van der Waals surface area contributed by atoms with Gasteiger partial charge in [-0.25, -0.2) is 4.79 Å². The summed E-state index contributed by atoms with van der Waals surface area (Å²) in [6.45, 7) is 0.0742. The smallest absolute Gasteiger partial charge is 0.337 e. The van der Waals surface area contributed by atoms with Gasteiger partial charge < -0.3 is 19.9 Å². The number of fused-ring (bicyclic) bond motifs is 1. The van der Waals surface area contributed by atoms with Crippen molar-refractivity contribution in [2.24, 2.45) is 0 Å². The number of nitrogens with zero attached hydrogens (tertiary/aromatic N) is 3. The summed E-state index contributed by atoms with van der Waals surface area (Å²) in [7, 11) is 4.63. The zero-order valence-electron chi connectivity index (χ0n) is 27.7. The molecule has 1 saturated heterocycles. The van der Waals surface area contributed by atoms with Crippen LogP contribution in [0.4, 0.5) is 11.4 Å². The van der Waals surface area contributed by atoms with Crippen molar-refractivity contribution in [1.29, 1.82) is 0 Å². The number of carbonyl (C=O) groups excluding carboxylic acids is 3. The average Bonchev–Trinajstić information content (AvgIpc) is 3.39. The van der Waals surface area contributed by atoms with E-state index in [1.54, 1.807) is 29.2 Å². The highest BCUT2D eigenvalue weighted by molar-refractivity contribution is 6.37. The maximum Gasteiger partial charge on any atom is 0.337 e. The highest BCUT2D eigenvalue weighted by atomic mass is 16.5. The minimum atomic E-state index is -2.17. The molecule has 3 aromatic rings. The molecule has 1 N–H and O–H groups in total. The number of hydrogen-bond donors (Lipinski definition) is 1. The molecule has 206 valence electrons. The Balaban J connectivity index is 1.50. The molecular formula is C32H34N4O4. The predicted octanol–water partition coefficient (Wildman–Crippen LogP) is 3.79. The zero-order chi connectivity index (χ0) is 32.6. The number of benzene rings is 3. The molecule has 2 aliphatic rings. The number of amides is 2. The number of methoxy groups -OCH3 is 1. The lowest BCUT2D eigenvalue weighted by Crippen LogP contribution is -2.48. The number of ether oxygens (including phenoxy) is 1. The van der Waals surface area contributed by atoms with Crippen molar-refractivity contribution in [3.63, 3.8) is 0 Å². The molecule has 2 heterocycles. The molecule has 1 fully saturated rings. The van der Waals surface area contributed by atoms with Gasteiger partial charge in [-0.1, -0.05) is 48.5 Å². The van der Waals surface area contributed by atoms with E-state index in [0.717, 1.165) is 12.7 Å². The fourth-order valence-corrected chi connectivity index (χ4v) is 4.73. The molecule has 2 aliphatic heterocycles. The standard InChI is InChI=1S/C32H34N4O4/c1-34-15-17-36(18-16-34)21-29(37)35(2)25-12-9-22(10-13-25)19-27(23-7-5-4-6-8-23)30-26-14-11-24(32(39)40-3)20-28(26)33-31(30)38/h4-14,20H,15-19,21H2,1-3H3,(H,33,38)/b30-27+/i11D,14D,20D,21D2. The first-order valence-electron chi connectivity index (χ1n) is 15.5. The van der Waals surface area contributed by atoms with Crippen molar-refractivity contribution >= 4 is 40.3 Å². The van der Waals surface area contributed by atoms with Gasteiger partial charge >= 0.3 is 5.97 Å². The number of esters is 1. The largest absolute Gasteiger partial charge is 0.465 e. The summed E-state index contributed by atoms with van der Waals surface area (Å²) in [5.41, 5.74) is 2.32. The molecule has 5 rings (SSSR count). The molecule has 0 radical (unpaired) electrons. The predicted molar refractivity (Wildman–Crippen MR) is 157 cm³/mol. The van der Waals surface area contributed by atoms with Crippen molar-refractivity contribution in [3.05, 3.63) is 95.0 Å². The van der Waals surface area contributed by atoms with E-state index in [1.807, 2.05) is 37.4 Å². The number of likely N-dealkylation sites (N-methyl/N-ethyl adjacent to an activating group) is 2. The van der Waals surface area contributed by atoms with Crippen molar-refractivity contribution in [3.8, 4) is 0 Å². The third-order valence-corrected chi connectivity index (χ3v) is 7.11. The molecule has 0 bridgehead atoms. The Morgan fingerprint density at radius 1 is 1.02 bits per heavy atom. The second-order valence-electron chi connectivity index (χ2n) is 9.77. The van der Waals surface area contributed by atoms with E-state index >= 15 is 0 Å². The van der Waals surface area contributed by atoms with Crippen LogP contribution < -0.4 is 10.2 Å². The van der Waals surface area contributed by atoms with Gasteiger partial charge in [0.05, 0.1) is 31.6 Å². The number of piperazine rings is 1. The van der Waals surface area contributed by atoms with Crippen LogP contribution in [0.15, 0.2) is 72.7 Å². The summed E-state index contributed by atoms with van der Waals surface area (Å²) in [4.78, 5) is 44.0. The number of carbonyl (C=O) groups is 3. The van der Waals surface area contributed by atoms with E-state index < -0.39 is 35.9 Å². The topological polar surface area (TPSA) is 82.2 Å². The van der Waals surface area contributed by atoms with E-state index in [1.165, 1.54) is 11.9 Å². The molecule has 0 aliphatic carbocycles. The molecule has 8 nitrogen and oxygen atoms in total. The molecule has 0 atom stereocenters. The minimum Gasteiger partial charge on any atom is -0.465 e. The molecule has 2 amide bonds. The van der Waals surface area contributed by atoms with Crippen LogP contribution >= 0.6 is 0 Å². The normalized spacial score (nSPS) is 18.9. The van der Waals surface area contributed by atoms with Crippen molar-refractivity contribution in [2.75, 3.05) is 64.1 Å². The monoisotopic (exact) mass is 543 g/mol. The second kappa shape index (κ2) is 11.9. The summed E-state index contributed by atoms with van der Waals surface area (Å²) < 4.78 is 47.5. The Kier molecular flexibility index (Phi) is 6.38. The van der Waals surface area contributed by atoms with E-state index in [2.05, 4.69) is 10.2 Å². The molecule has 0 spiro atoms. The minimum absolute atomic E-state index is 0.0186. The molecule has 0 saturated carbocycles. The number of nitrogens with one attached hydrogen (secondary N) is 1. The Hall–Kier alpha value is -4.27. The van der Waals surface area contributed by atoms with Crippen LogP contribution in [0.3, 0.4) is 0 Å². The van der Waals surface area contributed by atoms with Gasteiger partial charge in [0, 0.05) is 50.2 Å². The number of anilines is 2. The van der Waals surface area contributed by atoms with Crippen LogP contribution in [0.5, 0.6) is 0 Å². The Labute approximate surface area is 241 Å². The van der Waals surface area contributed by atoms with Crippen LogP contribution in [0, 0.1) is 0 Å². The van der Waals surface area contributed by atoms with Gasteiger partial charge in [-0.15, -0.1) is 0 Å². The fourth-order valence-electron chi connectivity index (χ4n) is 4.73. The molecule has 0 aromatic heterocycles. The van der Waals surface area contributed by atoms with Gasteiger partial charge in [-0.2, -0.15) is 0 Å². The van der Waals surface area contributed by atoms with Crippen LogP contribution in [0.25, 0.3) is 11.1 Å². The molecule has 40 heavy (non-hydrogen) atoms. The third-order valence-electron chi connectivity index (χ3n) is 7.11. The van der Waals surface area contributed by atoms with Gasteiger partial charge in [0.1, 0.15) is 0 Å². The van der Waals surface area contributed by atoms with Gasteiger partial charge in [0.15, 0.2) is 0 Å². The summed E-state index contributed by atoms with van der Waals surface area (Å²) in [6.07, 6.45) is 0.227. The summed E-state index contributed by atoms with van der Waals surface area (Å²) in [6, 6.07) is 14.9. The van der Waals surface area contributed by atoms with Gasteiger partial charge in [-0.3, -0.25) is 14.5 Å². The molecule has 0 unspecified atom stereocenters. The van der Waals surface area contributed by atoms with E-state index in [-0.39, 0.29) is 35.3 Å². The van der Waals surface area contributed by atoms with Crippen LogP contribution in [-0.2, 0) is 20.7 Å². The first-order chi connectivity index (χ1) is 21.4. The van der Waals surface area contributed by atoms with Crippen LogP contribution in [0.2, 0.25) is 0 Å². The highest BCUT2D eigenvalue weighted by Crippen LogP contribution is 2.39. The Morgan fingerprint density at radius 2 is 1.73 bits per heavy atom. The second-order valence-corrected chi connectivity index (χ2v) is 9.77. The first-order valence-corrected chi connectivity index (χ1v) is 13.0. The van der Waals surface area contributed by atoms with Crippen LogP contribution in [-0.4, -0.2) is 81.5 Å². The summed E-state index contributed by atoms with van der Waals surface area (Å²) >= 11 is 0.